The van der Waals surface area contributed by atoms with Crippen LogP contribution in [0, 0.1) is 0 Å². The molecule has 0 saturated heterocycles. The summed E-state index contributed by atoms with van der Waals surface area (Å²) in [6.07, 6.45) is 2.37. The average molecular weight is 303 g/mol. The van der Waals surface area contributed by atoms with Gasteiger partial charge in [-0.05, 0) is 30.3 Å². The Bertz CT molecular complexity index is 770. The fourth-order valence-electron chi connectivity index (χ4n) is 2.34. The maximum Gasteiger partial charge on any atom is 0.143 e. The Hall–Kier alpha value is -2.94. The van der Waals surface area contributed by atoms with E-state index in [1.165, 1.54) is 0 Å². The molecule has 0 N–H and O–H groups in total. The molecule has 0 aliphatic rings. The standard InChI is InChI=1S/C20H17NO2/c22-18(15-17-9-6-7-13-21-17)14-16-8-4-5-12-20(16)23-19-10-2-1-3-11-19/h1-13H,14-15H2. The summed E-state index contributed by atoms with van der Waals surface area (Å²) in [5.74, 6) is 1.60. The predicted octanol–water partition coefficient (Wildman–Crippen LogP) is 4.23. The summed E-state index contributed by atoms with van der Waals surface area (Å²) in [6, 6.07) is 22.8. The Balaban J connectivity index is 1.71. The lowest BCUT2D eigenvalue weighted by Gasteiger charge is -2.10. The third-order valence-corrected chi connectivity index (χ3v) is 3.44. The Kier molecular flexibility index (Phi) is 4.79. The lowest BCUT2D eigenvalue weighted by atomic mass is 10.0. The number of benzene rings is 2. The van der Waals surface area contributed by atoms with Crippen molar-refractivity contribution in [1.82, 2.24) is 4.98 Å². The van der Waals surface area contributed by atoms with E-state index in [9.17, 15) is 4.79 Å². The second-order valence-electron chi connectivity index (χ2n) is 5.24. The summed E-state index contributed by atoms with van der Waals surface area (Å²) < 4.78 is 5.89. The molecule has 0 aliphatic heterocycles. The summed E-state index contributed by atoms with van der Waals surface area (Å²) >= 11 is 0. The van der Waals surface area contributed by atoms with Crippen LogP contribution < -0.4 is 4.74 Å². The first-order valence-corrected chi connectivity index (χ1v) is 7.54. The van der Waals surface area contributed by atoms with Gasteiger partial charge < -0.3 is 4.74 Å². The van der Waals surface area contributed by atoms with Gasteiger partial charge in [0.25, 0.3) is 0 Å². The van der Waals surface area contributed by atoms with Crippen LogP contribution in [0.2, 0.25) is 0 Å². The lowest BCUT2D eigenvalue weighted by Crippen LogP contribution is -2.08. The molecule has 3 aromatic rings. The number of hydrogen-bond acceptors (Lipinski definition) is 3. The van der Waals surface area contributed by atoms with E-state index < -0.39 is 0 Å². The Morgan fingerprint density at radius 3 is 2.35 bits per heavy atom. The first-order chi connectivity index (χ1) is 11.3. The van der Waals surface area contributed by atoms with E-state index in [-0.39, 0.29) is 5.78 Å². The fourth-order valence-corrected chi connectivity index (χ4v) is 2.34. The SMILES string of the molecule is O=C(Cc1ccccn1)Cc1ccccc1Oc1ccccc1. The largest absolute Gasteiger partial charge is 0.457 e. The zero-order chi connectivity index (χ0) is 15.9. The van der Waals surface area contributed by atoms with Gasteiger partial charge in [-0.3, -0.25) is 9.78 Å². The molecule has 0 atom stereocenters. The molecule has 0 unspecified atom stereocenters. The molecule has 0 amide bonds. The number of ether oxygens (including phenoxy) is 1. The van der Waals surface area contributed by atoms with Gasteiger partial charge in [0.15, 0.2) is 0 Å². The normalized spacial score (nSPS) is 10.3. The molecule has 3 nitrogen and oxygen atoms in total. The van der Waals surface area contributed by atoms with E-state index in [0.29, 0.717) is 18.6 Å². The third-order valence-electron chi connectivity index (χ3n) is 3.44. The highest BCUT2D eigenvalue weighted by Gasteiger charge is 2.10. The molecule has 3 rings (SSSR count). The number of Topliss-reactive ketones (excluding diaryl/α,β-unsaturated/α-hetero) is 1. The summed E-state index contributed by atoms with van der Waals surface area (Å²) in [4.78, 5) is 16.5. The van der Waals surface area contributed by atoms with E-state index in [0.717, 1.165) is 17.0 Å². The van der Waals surface area contributed by atoms with Crippen molar-refractivity contribution < 1.29 is 9.53 Å². The maximum atomic E-state index is 12.3. The molecule has 1 heterocycles. The van der Waals surface area contributed by atoms with Gasteiger partial charge in [-0.25, -0.2) is 0 Å². The first kappa shape index (κ1) is 15.0. The second kappa shape index (κ2) is 7.36. The number of rotatable bonds is 6. The van der Waals surface area contributed by atoms with E-state index in [1.807, 2.05) is 72.8 Å². The van der Waals surface area contributed by atoms with Crippen molar-refractivity contribution in [2.45, 2.75) is 12.8 Å². The summed E-state index contributed by atoms with van der Waals surface area (Å²) in [7, 11) is 0. The van der Waals surface area contributed by atoms with Crippen LogP contribution in [-0.4, -0.2) is 10.8 Å². The van der Waals surface area contributed by atoms with Gasteiger partial charge in [0.1, 0.15) is 17.3 Å². The van der Waals surface area contributed by atoms with Crippen LogP contribution in [0.4, 0.5) is 0 Å². The van der Waals surface area contributed by atoms with Crippen LogP contribution >= 0.6 is 0 Å². The number of aromatic nitrogens is 1. The van der Waals surface area contributed by atoms with Crippen molar-refractivity contribution in [2.24, 2.45) is 0 Å². The molecule has 0 radical (unpaired) electrons. The van der Waals surface area contributed by atoms with E-state index in [1.54, 1.807) is 6.20 Å². The van der Waals surface area contributed by atoms with Crippen molar-refractivity contribution >= 4 is 5.78 Å². The number of para-hydroxylation sites is 2. The van der Waals surface area contributed by atoms with Crippen molar-refractivity contribution in [2.75, 3.05) is 0 Å². The zero-order valence-corrected chi connectivity index (χ0v) is 12.7. The Labute approximate surface area is 135 Å². The van der Waals surface area contributed by atoms with Crippen molar-refractivity contribution in [3.8, 4) is 11.5 Å². The number of carbonyl (C=O) groups excluding carboxylic acids is 1. The molecule has 1 aromatic heterocycles. The number of carbonyl (C=O) groups is 1. The molecule has 0 aliphatic carbocycles. The number of hydrogen-bond donors (Lipinski definition) is 0. The maximum absolute atomic E-state index is 12.3. The molecule has 0 spiro atoms. The lowest BCUT2D eigenvalue weighted by molar-refractivity contribution is -0.117. The molecule has 2 aromatic carbocycles. The number of nitrogens with zero attached hydrogens (tertiary/aromatic N) is 1. The number of ketones is 1. The minimum atomic E-state index is 0.118. The van der Waals surface area contributed by atoms with Crippen molar-refractivity contribution in [1.29, 1.82) is 0 Å². The highest BCUT2D eigenvalue weighted by atomic mass is 16.5. The molecular formula is C20H17NO2. The Morgan fingerprint density at radius 1 is 0.826 bits per heavy atom. The summed E-state index contributed by atoms with van der Waals surface area (Å²) in [5.41, 5.74) is 1.68. The molecule has 114 valence electrons. The van der Waals surface area contributed by atoms with Crippen LogP contribution in [0.5, 0.6) is 11.5 Å². The highest BCUT2D eigenvalue weighted by Crippen LogP contribution is 2.25. The van der Waals surface area contributed by atoms with E-state index >= 15 is 0 Å². The van der Waals surface area contributed by atoms with Crippen LogP contribution in [-0.2, 0) is 17.6 Å². The summed E-state index contributed by atoms with van der Waals surface area (Å²) in [6.45, 7) is 0. The van der Waals surface area contributed by atoms with Crippen LogP contribution in [0.15, 0.2) is 79.0 Å². The van der Waals surface area contributed by atoms with Gasteiger partial charge in [-0.1, -0.05) is 42.5 Å². The highest BCUT2D eigenvalue weighted by molar-refractivity contribution is 5.83. The average Bonchev–Trinajstić information content (AvgIpc) is 2.58. The first-order valence-electron chi connectivity index (χ1n) is 7.54. The topological polar surface area (TPSA) is 39.2 Å². The predicted molar refractivity (Wildman–Crippen MR) is 89.6 cm³/mol. The monoisotopic (exact) mass is 303 g/mol. The van der Waals surface area contributed by atoms with Crippen LogP contribution in [0.3, 0.4) is 0 Å². The van der Waals surface area contributed by atoms with Gasteiger partial charge in [0, 0.05) is 30.3 Å². The van der Waals surface area contributed by atoms with Gasteiger partial charge in [-0.2, -0.15) is 0 Å². The van der Waals surface area contributed by atoms with Crippen LogP contribution in [0.25, 0.3) is 0 Å². The van der Waals surface area contributed by atoms with Gasteiger partial charge in [0.2, 0.25) is 0 Å². The van der Waals surface area contributed by atoms with Gasteiger partial charge in [-0.15, -0.1) is 0 Å². The molecule has 0 bridgehead atoms. The molecule has 23 heavy (non-hydrogen) atoms. The third kappa shape index (κ3) is 4.27. The van der Waals surface area contributed by atoms with Gasteiger partial charge >= 0.3 is 0 Å². The smallest absolute Gasteiger partial charge is 0.143 e. The Morgan fingerprint density at radius 2 is 1.57 bits per heavy atom. The number of pyridine rings is 1. The minimum absolute atomic E-state index is 0.118. The fraction of sp³-hybridized carbons (Fsp3) is 0.100. The quantitative estimate of drug-likeness (QED) is 0.684. The molecule has 0 saturated carbocycles. The summed E-state index contributed by atoms with van der Waals surface area (Å²) in [5, 5.41) is 0. The minimum Gasteiger partial charge on any atom is -0.457 e. The van der Waals surface area contributed by atoms with E-state index in [4.69, 9.17) is 4.74 Å². The second-order valence-corrected chi connectivity index (χ2v) is 5.24. The molecular weight excluding hydrogens is 286 g/mol. The van der Waals surface area contributed by atoms with Crippen molar-refractivity contribution in [3.05, 3.63) is 90.3 Å². The molecule has 0 fully saturated rings. The van der Waals surface area contributed by atoms with Crippen LogP contribution in [0.1, 0.15) is 11.3 Å². The zero-order valence-electron chi connectivity index (χ0n) is 12.7. The van der Waals surface area contributed by atoms with Crippen molar-refractivity contribution in [3.63, 3.8) is 0 Å². The van der Waals surface area contributed by atoms with E-state index in [2.05, 4.69) is 4.98 Å². The van der Waals surface area contributed by atoms with Gasteiger partial charge in [0.05, 0.1) is 0 Å². The molecule has 3 heteroatoms.